The Bertz CT molecular complexity index is 555. The van der Waals surface area contributed by atoms with Crippen LogP contribution < -0.4 is 10.2 Å². The van der Waals surface area contributed by atoms with Crippen molar-refractivity contribution in [3.63, 3.8) is 0 Å². The fourth-order valence-electron chi connectivity index (χ4n) is 1.85. The maximum absolute atomic E-state index is 11.7. The highest BCUT2D eigenvalue weighted by atomic mass is 16.6. The van der Waals surface area contributed by atoms with Gasteiger partial charge in [0.15, 0.2) is 6.29 Å². The van der Waals surface area contributed by atoms with Gasteiger partial charge >= 0.3 is 0 Å². The molecule has 1 aromatic carbocycles. The first-order chi connectivity index (χ1) is 9.51. The minimum Gasteiger partial charge on any atom is -0.365 e. The van der Waals surface area contributed by atoms with Crippen LogP contribution in [0.25, 0.3) is 0 Å². The highest BCUT2D eigenvalue weighted by molar-refractivity contribution is 5.85. The first kappa shape index (κ1) is 14.0. The van der Waals surface area contributed by atoms with Crippen LogP contribution in [-0.4, -0.2) is 36.8 Å². The second kappa shape index (κ2) is 5.68. The lowest BCUT2D eigenvalue weighted by Crippen LogP contribution is -2.36. The van der Waals surface area contributed by atoms with Crippen molar-refractivity contribution >= 4 is 23.6 Å². The predicted molar refractivity (Wildman–Crippen MR) is 72.9 cm³/mol. The first-order valence-corrected chi connectivity index (χ1v) is 6.25. The van der Waals surface area contributed by atoms with Crippen LogP contribution in [0.5, 0.6) is 0 Å². The van der Waals surface area contributed by atoms with Crippen LogP contribution in [0.4, 0.5) is 11.4 Å². The van der Waals surface area contributed by atoms with Gasteiger partial charge in [-0.15, -0.1) is 0 Å². The number of likely N-dealkylation sites (N-methyl/N-ethyl adjacent to an activating group) is 1. The van der Waals surface area contributed by atoms with E-state index >= 15 is 0 Å². The lowest BCUT2D eigenvalue weighted by Gasteiger charge is -2.19. The number of carbonyl (C=O) groups is 2. The van der Waals surface area contributed by atoms with Crippen molar-refractivity contribution in [2.75, 3.05) is 18.5 Å². The Balaban J connectivity index is 2.08. The Morgan fingerprint density at radius 2 is 2.25 bits per heavy atom. The Morgan fingerprint density at radius 1 is 1.55 bits per heavy atom. The molecule has 1 saturated carbocycles. The van der Waals surface area contributed by atoms with Crippen LogP contribution in [-0.2, 0) is 4.79 Å². The van der Waals surface area contributed by atoms with Gasteiger partial charge in [-0.2, -0.15) is 0 Å². The lowest BCUT2D eigenvalue weighted by atomic mass is 10.1. The van der Waals surface area contributed by atoms with Gasteiger partial charge in [0.2, 0.25) is 5.91 Å². The number of nitro groups is 1. The SMILES string of the molecule is CN(CC(=O)NC1CC1)c1ccc([N+](=O)[O-])c(C=O)c1. The van der Waals surface area contributed by atoms with Crippen LogP contribution in [0.15, 0.2) is 18.2 Å². The van der Waals surface area contributed by atoms with E-state index in [1.165, 1.54) is 18.2 Å². The number of hydrogen-bond acceptors (Lipinski definition) is 5. The zero-order valence-corrected chi connectivity index (χ0v) is 11.0. The molecule has 0 saturated heterocycles. The smallest absolute Gasteiger partial charge is 0.280 e. The molecule has 1 N–H and O–H groups in total. The summed E-state index contributed by atoms with van der Waals surface area (Å²) in [4.78, 5) is 34.3. The number of nitrogens with one attached hydrogen (secondary N) is 1. The minimum absolute atomic E-state index is 0.00181. The van der Waals surface area contributed by atoms with Crippen molar-refractivity contribution in [2.24, 2.45) is 0 Å². The standard InChI is InChI=1S/C13H15N3O4/c1-15(7-13(18)14-10-2-3-10)11-4-5-12(16(19)20)9(6-11)8-17/h4-6,8,10H,2-3,7H2,1H3,(H,14,18). The summed E-state index contributed by atoms with van der Waals surface area (Å²) >= 11 is 0. The van der Waals surface area contributed by atoms with Gasteiger partial charge in [-0.3, -0.25) is 19.7 Å². The van der Waals surface area contributed by atoms with Gasteiger partial charge in [0.05, 0.1) is 17.0 Å². The summed E-state index contributed by atoms with van der Waals surface area (Å²) in [5.74, 6) is -0.0963. The zero-order valence-electron chi connectivity index (χ0n) is 11.0. The maximum Gasteiger partial charge on any atom is 0.280 e. The third-order valence-electron chi connectivity index (χ3n) is 3.10. The van der Waals surface area contributed by atoms with E-state index in [1.807, 2.05) is 0 Å². The van der Waals surface area contributed by atoms with Crippen LogP contribution in [0, 0.1) is 10.1 Å². The quantitative estimate of drug-likeness (QED) is 0.478. The van der Waals surface area contributed by atoms with Gasteiger partial charge < -0.3 is 10.2 Å². The molecular weight excluding hydrogens is 262 g/mol. The highest BCUT2D eigenvalue weighted by Crippen LogP contribution is 2.23. The molecule has 7 heteroatoms. The highest BCUT2D eigenvalue weighted by Gasteiger charge is 2.24. The fraction of sp³-hybridized carbons (Fsp3) is 0.385. The van der Waals surface area contributed by atoms with Crippen LogP contribution >= 0.6 is 0 Å². The zero-order chi connectivity index (χ0) is 14.7. The van der Waals surface area contributed by atoms with Crippen molar-refractivity contribution in [1.29, 1.82) is 0 Å². The summed E-state index contributed by atoms with van der Waals surface area (Å²) in [7, 11) is 1.70. The number of amides is 1. The van der Waals surface area contributed by atoms with E-state index in [2.05, 4.69) is 5.32 Å². The van der Waals surface area contributed by atoms with Gasteiger partial charge in [-0.05, 0) is 25.0 Å². The molecule has 1 aliphatic carbocycles. The molecule has 2 rings (SSSR count). The molecule has 0 spiro atoms. The second-order valence-electron chi connectivity index (χ2n) is 4.82. The van der Waals surface area contributed by atoms with Crippen LogP contribution in [0.3, 0.4) is 0 Å². The average Bonchev–Trinajstić information content (AvgIpc) is 3.21. The first-order valence-electron chi connectivity index (χ1n) is 6.25. The number of nitro benzene ring substituents is 1. The molecule has 7 nitrogen and oxygen atoms in total. The van der Waals surface area contributed by atoms with E-state index in [-0.39, 0.29) is 23.7 Å². The van der Waals surface area contributed by atoms with Crippen molar-refractivity contribution in [3.8, 4) is 0 Å². The molecule has 1 aromatic rings. The summed E-state index contributed by atoms with van der Waals surface area (Å²) in [6.45, 7) is 0.145. The molecule has 0 radical (unpaired) electrons. The van der Waals surface area contributed by atoms with E-state index in [1.54, 1.807) is 11.9 Å². The summed E-state index contributed by atoms with van der Waals surface area (Å²) in [5, 5.41) is 13.6. The Labute approximate surface area is 115 Å². The predicted octanol–water partition coefficient (Wildman–Crippen LogP) is 1.12. The second-order valence-corrected chi connectivity index (χ2v) is 4.82. The number of nitrogens with zero attached hydrogens (tertiary/aromatic N) is 2. The van der Waals surface area contributed by atoms with Crippen LogP contribution in [0.2, 0.25) is 0 Å². The number of aldehydes is 1. The monoisotopic (exact) mass is 277 g/mol. The number of anilines is 1. The Morgan fingerprint density at radius 3 is 2.80 bits per heavy atom. The molecule has 1 aliphatic rings. The van der Waals surface area contributed by atoms with Gasteiger partial charge in [0.1, 0.15) is 0 Å². The van der Waals surface area contributed by atoms with Gasteiger partial charge in [-0.25, -0.2) is 0 Å². The maximum atomic E-state index is 11.7. The van der Waals surface area contributed by atoms with Crippen molar-refractivity contribution in [3.05, 3.63) is 33.9 Å². The number of benzene rings is 1. The molecule has 0 bridgehead atoms. The van der Waals surface area contributed by atoms with E-state index in [0.717, 1.165) is 12.8 Å². The molecule has 1 amide bonds. The molecule has 1 fully saturated rings. The molecular formula is C13H15N3O4. The molecule has 0 aromatic heterocycles. The van der Waals surface area contributed by atoms with Crippen molar-refractivity contribution in [2.45, 2.75) is 18.9 Å². The third kappa shape index (κ3) is 3.31. The van der Waals surface area contributed by atoms with Crippen molar-refractivity contribution < 1.29 is 14.5 Å². The summed E-state index contributed by atoms with van der Waals surface area (Å²) in [5.41, 5.74) is 0.352. The molecule has 0 atom stereocenters. The average molecular weight is 277 g/mol. The largest absolute Gasteiger partial charge is 0.365 e. The number of carbonyl (C=O) groups excluding carboxylic acids is 2. The topological polar surface area (TPSA) is 92.6 Å². The normalized spacial score (nSPS) is 13.7. The van der Waals surface area contributed by atoms with Gasteiger partial charge in [-0.1, -0.05) is 0 Å². The van der Waals surface area contributed by atoms with E-state index in [9.17, 15) is 19.7 Å². The lowest BCUT2D eigenvalue weighted by molar-refractivity contribution is -0.385. The molecule has 106 valence electrons. The minimum atomic E-state index is -0.604. The summed E-state index contributed by atoms with van der Waals surface area (Å²) in [6, 6.07) is 4.50. The van der Waals surface area contributed by atoms with Gasteiger partial charge in [0, 0.05) is 24.8 Å². The molecule has 0 unspecified atom stereocenters. The van der Waals surface area contributed by atoms with Crippen molar-refractivity contribution in [1.82, 2.24) is 5.32 Å². The number of rotatable bonds is 6. The molecule has 20 heavy (non-hydrogen) atoms. The Hall–Kier alpha value is -2.44. The summed E-state index contributed by atoms with van der Waals surface area (Å²) < 4.78 is 0. The third-order valence-corrected chi connectivity index (χ3v) is 3.10. The van der Waals surface area contributed by atoms with E-state index in [4.69, 9.17) is 0 Å². The summed E-state index contributed by atoms with van der Waals surface area (Å²) in [6.07, 6.45) is 2.48. The van der Waals surface area contributed by atoms with Gasteiger partial charge in [0.25, 0.3) is 5.69 Å². The molecule has 0 heterocycles. The van der Waals surface area contributed by atoms with Crippen LogP contribution in [0.1, 0.15) is 23.2 Å². The van der Waals surface area contributed by atoms with E-state index < -0.39 is 4.92 Å². The number of hydrogen-bond donors (Lipinski definition) is 1. The Kier molecular flexibility index (Phi) is 3.97. The fourth-order valence-corrected chi connectivity index (χ4v) is 1.85. The van der Waals surface area contributed by atoms with E-state index in [0.29, 0.717) is 18.0 Å². The molecule has 0 aliphatic heterocycles.